The number of sulfonamides is 1. The molecule has 0 bridgehead atoms. The Bertz CT molecular complexity index is 844. The molecule has 0 aliphatic carbocycles. The molecule has 1 atom stereocenters. The number of rotatable bonds is 7. The lowest BCUT2D eigenvalue weighted by atomic mass is 9.70. The number of benzene rings is 2. The molecule has 1 unspecified atom stereocenters. The number of hydrogen-bond donors (Lipinski definition) is 2. The fourth-order valence-corrected chi connectivity index (χ4v) is 4.59. The summed E-state index contributed by atoms with van der Waals surface area (Å²) < 4.78 is 28.4. The molecule has 2 aromatic rings. The van der Waals surface area contributed by atoms with Gasteiger partial charge in [0.05, 0.1) is 4.90 Å². The molecule has 5 nitrogen and oxygen atoms in total. The maximum Gasteiger partial charge on any atom is 0.241 e. The quantitative estimate of drug-likeness (QED) is 0.781. The molecule has 0 saturated carbocycles. The lowest BCUT2D eigenvalue weighted by molar-refractivity contribution is -0.128. The van der Waals surface area contributed by atoms with Gasteiger partial charge in [0.25, 0.3) is 0 Å². The number of hydrogen-bond acceptors (Lipinski definition) is 3. The summed E-state index contributed by atoms with van der Waals surface area (Å²) in [6, 6.07) is 17.6. The second-order valence-electron chi connectivity index (χ2n) is 7.42. The number of nitrogens with one attached hydrogen (secondary N) is 1. The molecule has 0 aliphatic rings. The van der Waals surface area contributed by atoms with Crippen molar-refractivity contribution in [2.45, 2.75) is 44.0 Å². The Hall–Kier alpha value is -2.18. The minimum absolute atomic E-state index is 0.106. The molecule has 2 rings (SSSR count). The van der Waals surface area contributed by atoms with E-state index in [0.717, 1.165) is 5.56 Å². The van der Waals surface area contributed by atoms with E-state index < -0.39 is 26.9 Å². The van der Waals surface area contributed by atoms with Gasteiger partial charge < -0.3 is 5.73 Å². The van der Waals surface area contributed by atoms with Gasteiger partial charge in [-0.05, 0) is 36.0 Å². The summed E-state index contributed by atoms with van der Waals surface area (Å²) in [6.07, 6.45) is 0.792. The van der Waals surface area contributed by atoms with Crippen LogP contribution < -0.4 is 10.5 Å². The number of carbonyl (C=O) groups excluding carboxylic acids is 1. The molecule has 0 aromatic heterocycles. The van der Waals surface area contributed by atoms with Gasteiger partial charge in [-0.15, -0.1) is 0 Å². The van der Waals surface area contributed by atoms with E-state index in [4.69, 9.17) is 5.73 Å². The van der Waals surface area contributed by atoms with Crippen molar-refractivity contribution in [3.8, 4) is 0 Å². The Morgan fingerprint density at radius 3 is 1.92 bits per heavy atom. The maximum absolute atomic E-state index is 12.9. The fraction of sp³-hybridized carbons (Fsp3) is 0.350. The Morgan fingerprint density at radius 1 is 0.962 bits per heavy atom. The zero-order valence-electron chi connectivity index (χ0n) is 15.4. The Balaban J connectivity index is 2.42. The first kappa shape index (κ1) is 20.1. The Kier molecular flexibility index (Phi) is 5.88. The third-order valence-electron chi connectivity index (χ3n) is 4.69. The minimum atomic E-state index is -3.90. The predicted molar refractivity (Wildman–Crippen MR) is 103 cm³/mol. The van der Waals surface area contributed by atoms with Crippen molar-refractivity contribution in [3.63, 3.8) is 0 Å². The van der Waals surface area contributed by atoms with Gasteiger partial charge in [0.2, 0.25) is 15.9 Å². The van der Waals surface area contributed by atoms with Crippen molar-refractivity contribution in [2.24, 2.45) is 11.1 Å². The van der Waals surface area contributed by atoms with Crippen molar-refractivity contribution >= 4 is 15.9 Å². The summed E-state index contributed by atoms with van der Waals surface area (Å²) in [7, 11) is -3.90. The third-order valence-corrected chi connectivity index (χ3v) is 6.20. The van der Waals surface area contributed by atoms with Crippen LogP contribution in [0.1, 0.15) is 32.8 Å². The van der Waals surface area contributed by atoms with Gasteiger partial charge in [0.1, 0.15) is 5.54 Å². The lowest BCUT2D eigenvalue weighted by Crippen LogP contribution is -2.64. The van der Waals surface area contributed by atoms with Crippen LogP contribution in [-0.4, -0.2) is 19.9 Å². The van der Waals surface area contributed by atoms with Crippen LogP contribution in [0.2, 0.25) is 0 Å². The van der Waals surface area contributed by atoms with E-state index in [0.29, 0.717) is 6.42 Å². The highest BCUT2D eigenvalue weighted by molar-refractivity contribution is 7.89. The molecule has 2 aromatic carbocycles. The maximum atomic E-state index is 12.9. The average molecular weight is 375 g/mol. The molecule has 0 fully saturated rings. The van der Waals surface area contributed by atoms with Crippen molar-refractivity contribution < 1.29 is 13.2 Å². The Labute approximate surface area is 155 Å². The van der Waals surface area contributed by atoms with E-state index in [1.165, 1.54) is 12.1 Å². The smallest absolute Gasteiger partial charge is 0.241 e. The topological polar surface area (TPSA) is 89.3 Å². The van der Waals surface area contributed by atoms with Gasteiger partial charge in [-0.3, -0.25) is 4.79 Å². The summed E-state index contributed by atoms with van der Waals surface area (Å²) in [5.74, 6) is -0.680. The molecule has 6 heteroatoms. The second kappa shape index (κ2) is 7.60. The SMILES string of the molecule is CC(C)(C)C(CCc1ccccc1)(NS(=O)(=O)c1ccccc1)C(N)=O. The monoisotopic (exact) mass is 374 g/mol. The highest BCUT2D eigenvalue weighted by atomic mass is 32.2. The predicted octanol–water partition coefficient (Wildman–Crippen LogP) is 2.87. The van der Waals surface area contributed by atoms with Crippen LogP contribution in [0.15, 0.2) is 65.6 Å². The van der Waals surface area contributed by atoms with Crippen molar-refractivity contribution in [2.75, 3.05) is 0 Å². The minimum Gasteiger partial charge on any atom is -0.368 e. The normalized spacial score (nSPS) is 14.6. The van der Waals surface area contributed by atoms with Crippen molar-refractivity contribution in [1.29, 1.82) is 0 Å². The Morgan fingerprint density at radius 2 is 1.46 bits per heavy atom. The number of aryl methyl sites for hydroxylation is 1. The molecule has 140 valence electrons. The molecule has 3 N–H and O–H groups in total. The van der Waals surface area contributed by atoms with Crippen LogP contribution in [0, 0.1) is 5.41 Å². The van der Waals surface area contributed by atoms with E-state index in [9.17, 15) is 13.2 Å². The summed E-state index contributed by atoms with van der Waals surface area (Å²) in [4.78, 5) is 12.6. The number of carbonyl (C=O) groups is 1. The summed E-state index contributed by atoms with van der Waals surface area (Å²) in [5, 5.41) is 0. The molecule has 0 saturated heterocycles. The lowest BCUT2D eigenvalue weighted by Gasteiger charge is -2.42. The van der Waals surface area contributed by atoms with E-state index >= 15 is 0 Å². The van der Waals surface area contributed by atoms with E-state index in [1.807, 2.05) is 51.1 Å². The van der Waals surface area contributed by atoms with Crippen LogP contribution in [0.25, 0.3) is 0 Å². The van der Waals surface area contributed by atoms with Gasteiger partial charge >= 0.3 is 0 Å². The zero-order chi connectivity index (χ0) is 19.4. The van der Waals surface area contributed by atoms with E-state index in [2.05, 4.69) is 4.72 Å². The number of nitrogens with two attached hydrogens (primary N) is 1. The molecule has 0 spiro atoms. The van der Waals surface area contributed by atoms with E-state index in [-0.39, 0.29) is 11.3 Å². The molecule has 26 heavy (non-hydrogen) atoms. The summed E-state index contributed by atoms with van der Waals surface area (Å²) in [6.45, 7) is 5.45. The van der Waals surface area contributed by atoms with Crippen molar-refractivity contribution in [3.05, 3.63) is 66.2 Å². The van der Waals surface area contributed by atoms with Crippen LogP contribution in [-0.2, 0) is 21.2 Å². The van der Waals surface area contributed by atoms with Crippen molar-refractivity contribution in [1.82, 2.24) is 4.72 Å². The highest BCUT2D eigenvalue weighted by Crippen LogP contribution is 2.36. The average Bonchev–Trinajstić information content (AvgIpc) is 2.59. The van der Waals surface area contributed by atoms with Crippen LogP contribution in [0.3, 0.4) is 0 Å². The number of amides is 1. The van der Waals surface area contributed by atoms with Crippen LogP contribution in [0.5, 0.6) is 0 Å². The van der Waals surface area contributed by atoms with Crippen LogP contribution >= 0.6 is 0 Å². The first-order chi connectivity index (χ1) is 12.1. The van der Waals surface area contributed by atoms with E-state index in [1.54, 1.807) is 18.2 Å². The molecular weight excluding hydrogens is 348 g/mol. The second-order valence-corrected chi connectivity index (χ2v) is 9.11. The van der Waals surface area contributed by atoms with Gasteiger partial charge in [-0.1, -0.05) is 69.3 Å². The fourth-order valence-electron chi connectivity index (χ4n) is 2.99. The largest absolute Gasteiger partial charge is 0.368 e. The first-order valence-electron chi connectivity index (χ1n) is 8.51. The first-order valence-corrected chi connectivity index (χ1v) is 10.00. The molecule has 0 radical (unpaired) electrons. The summed E-state index contributed by atoms with van der Waals surface area (Å²) in [5.41, 5.74) is 4.62. The summed E-state index contributed by atoms with van der Waals surface area (Å²) >= 11 is 0. The van der Waals surface area contributed by atoms with Crippen LogP contribution in [0.4, 0.5) is 0 Å². The standard InChI is InChI=1S/C20H26N2O3S/c1-19(2,3)20(18(21)23,15-14-16-10-6-4-7-11-16)22-26(24,25)17-12-8-5-9-13-17/h4-13,22H,14-15H2,1-3H3,(H2,21,23). The number of primary amides is 1. The molecular formula is C20H26N2O3S. The van der Waals surface area contributed by atoms with Gasteiger partial charge in [0.15, 0.2) is 0 Å². The molecule has 1 amide bonds. The van der Waals surface area contributed by atoms with Gasteiger partial charge in [-0.2, -0.15) is 4.72 Å². The molecule has 0 heterocycles. The zero-order valence-corrected chi connectivity index (χ0v) is 16.2. The molecule has 0 aliphatic heterocycles. The highest BCUT2D eigenvalue weighted by Gasteiger charge is 2.49. The van der Waals surface area contributed by atoms with Gasteiger partial charge in [0, 0.05) is 0 Å². The third kappa shape index (κ3) is 4.31. The van der Waals surface area contributed by atoms with Gasteiger partial charge in [-0.25, -0.2) is 8.42 Å².